The Kier molecular flexibility index (Phi) is 3.21. The van der Waals surface area contributed by atoms with Crippen LogP contribution in [0.3, 0.4) is 0 Å². The highest BCUT2D eigenvalue weighted by atomic mass is 32.2. The van der Waals surface area contributed by atoms with Gasteiger partial charge in [-0.15, -0.1) is 11.3 Å². The van der Waals surface area contributed by atoms with Gasteiger partial charge in [-0.1, -0.05) is 4.47 Å². The number of nitrogens with zero attached hydrogens (tertiary/aromatic N) is 1. The molecule has 1 aromatic heterocycles. The lowest BCUT2D eigenvalue weighted by Crippen LogP contribution is -2.28. The molecule has 1 fully saturated rings. The first kappa shape index (κ1) is 12.5. The molecule has 2 rings (SSSR count). The lowest BCUT2D eigenvalue weighted by molar-refractivity contribution is -0.0285. The van der Waals surface area contributed by atoms with Crippen LogP contribution in [0.2, 0.25) is 0 Å². The van der Waals surface area contributed by atoms with Gasteiger partial charge in [0.05, 0.1) is 6.61 Å². The molecule has 17 heavy (non-hydrogen) atoms. The van der Waals surface area contributed by atoms with Crippen LogP contribution in [0, 0.1) is 6.92 Å². The van der Waals surface area contributed by atoms with Crippen molar-refractivity contribution in [2.24, 2.45) is 0 Å². The van der Waals surface area contributed by atoms with E-state index in [1.54, 1.807) is 6.92 Å². The smallest absolute Gasteiger partial charge is 0.347 e. The number of hydrogen-bond donors (Lipinski definition) is 1. The molecule has 0 aromatic carbocycles. The Bertz CT molecular complexity index is 542. The fourth-order valence-electron chi connectivity index (χ4n) is 1.62. The molecular weight excluding hydrogens is 266 g/mol. The number of hydroxylamine groups is 1. The van der Waals surface area contributed by atoms with Gasteiger partial charge >= 0.3 is 5.97 Å². The number of hydrogen-bond acceptors (Lipinski definition) is 5. The van der Waals surface area contributed by atoms with Crippen molar-refractivity contribution in [2.75, 3.05) is 13.2 Å². The van der Waals surface area contributed by atoms with Gasteiger partial charge < -0.3 is 5.11 Å². The molecule has 0 unspecified atom stereocenters. The van der Waals surface area contributed by atoms with Crippen molar-refractivity contribution < 1.29 is 23.2 Å². The zero-order chi connectivity index (χ0) is 12.6. The fraction of sp³-hybridized carbons (Fsp3) is 0.444. The molecule has 8 heteroatoms. The summed E-state index contributed by atoms with van der Waals surface area (Å²) in [6.07, 6.45) is 0.616. The van der Waals surface area contributed by atoms with Crippen molar-refractivity contribution >= 4 is 27.3 Å². The van der Waals surface area contributed by atoms with Crippen LogP contribution in [0.25, 0.3) is 0 Å². The summed E-state index contributed by atoms with van der Waals surface area (Å²) < 4.78 is 25.2. The second kappa shape index (κ2) is 4.37. The third kappa shape index (κ3) is 2.08. The number of carbonyl (C=O) groups is 1. The first-order valence-electron chi connectivity index (χ1n) is 4.91. The minimum atomic E-state index is -3.86. The summed E-state index contributed by atoms with van der Waals surface area (Å²) in [7, 11) is -3.86. The van der Waals surface area contributed by atoms with E-state index in [1.807, 2.05) is 0 Å². The predicted molar refractivity (Wildman–Crippen MR) is 60.5 cm³/mol. The van der Waals surface area contributed by atoms with Crippen molar-refractivity contribution in [3.63, 3.8) is 0 Å². The molecule has 1 aliphatic rings. The minimum Gasteiger partial charge on any atom is -0.477 e. The molecule has 1 aliphatic heterocycles. The minimum absolute atomic E-state index is 0.156. The Labute approximate surface area is 102 Å². The van der Waals surface area contributed by atoms with Gasteiger partial charge in [0.2, 0.25) is 0 Å². The van der Waals surface area contributed by atoms with Gasteiger partial charge in [0, 0.05) is 6.54 Å². The third-order valence-corrected chi connectivity index (χ3v) is 5.44. The van der Waals surface area contributed by atoms with Crippen LogP contribution in [0.5, 0.6) is 0 Å². The van der Waals surface area contributed by atoms with E-state index in [4.69, 9.17) is 9.94 Å². The molecule has 1 N–H and O–H groups in total. The monoisotopic (exact) mass is 277 g/mol. The number of aryl methyl sites for hydroxylation is 1. The van der Waals surface area contributed by atoms with Gasteiger partial charge in [0.15, 0.2) is 0 Å². The average molecular weight is 277 g/mol. The van der Waals surface area contributed by atoms with Crippen molar-refractivity contribution in [3.8, 4) is 0 Å². The maximum atomic E-state index is 12.2. The summed E-state index contributed by atoms with van der Waals surface area (Å²) in [5.74, 6) is -1.24. The van der Waals surface area contributed by atoms with E-state index >= 15 is 0 Å². The van der Waals surface area contributed by atoms with E-state index in [2.05, 4.69) is 0 Å². The van der Waals surface area contributed by atoms with Crippen LogP contribution in [0.4, 0.5) is 0 Å². The van der Waals surface area contributed by atoms with Gasteiger partial charge in [-0.25, -0.2) is 13.2 Å². The quantitative estimate of drug-likeness (QED) is 0.893. The van der Waals surface area contributed by atoms with E-state index in [0.717, 1.165) is 15.8 Å². The van der Waals surface area contributed by atoms with E-state index in [0.29, 0.717) is 18.6 Å². The molecule has 2 heterocycles. The van der Waals surface area contributed by atoms with Gasteiger partial charge in [0.25, 0.3) is 10.0 Å². The van der Waals surface area contributed by atoms with Gasteiger partial charge in [-0.2, -0.15) is 0 Å². The van der Waals surface area contributed by atoms with E-state index in [1.165, 1.54) is 5.38 Å². The molecule has 94 valence electrons. The summed E-state index contributed by atoms with van der Waals surface area (Å²) in [5.41, 5.74) is 0.433. The molecule has 6 nitrogen and oxygen atoms in total. The van der Waals surface area contributed by atoms with E-state index < -0.39 is 16.0 Å². The van der Waals surface area contributed by atoms with Crippen LogP contribution in [0.1, 0.15) is 21.7 Å². The Morgan fingerprint density at radius 3 is 2.82 bits per heavy atom. The topological polar surface area (TPSA) is 83.9 Å². The summed E-state index contributed by atoms with van der Waals surface area (Å²) in [6, 6.07) is 0. The molecule has 0 saturated carbocycles. The standard InChI is InChI=1S/C9H11NO5S2/c1-6-5-16-7(9(11)12)8(6)17(13,14)10-3-2-4-15-10/h5H,2-4H2,1H3,(H,11,12). The number of carboxylic acid groups (broad SMARTS) is 1. The van der Waals surface area contributed by atoms with Gasteiger partial charge in [-0.05, 0) is 24.3 Å². The second-order valence-electron chi connectivity index (χ2n) is 3.60. The molecular formula is C9H11NO5S2. The van der Waals surface area contributed by atoms with Crippen LogP contribution in [-0.4, -0.2) is 37.1 Å². The first-order valence-corrected chi connectivity index (χ1v) is 7.23. The summed E-state index contributed by atoms with van der Waals surface area (Å²) in [5, 5.41) is 10.5. The molecule has 0 spiro atoms. The lowest BCUT2D eigenvalue weighted by atomic mass is 10.3. The number of aromatic carboxylic acids is 1. The molecule has 0 atom stereocenters. The van der Waals surface area contributed by atoms with E-state index in [9.17, 15) is 13.2 Å². The molecule has 0 radical (unpaired) electrons. The second-order valence-corrected chi connectivity index (χ2v) is 6.25. The maximum absolute atomic E-state index is 12.2. The first-order chi connectivity index (χ1) is 7.94. The Balaban J connectivity index is 2.52. The summed E-state index contributed by atoms with van der Waals surface area (Å²) in [6.45, 7) is 2.17. The SMILES string of the molecule is Cc1csc(C(=O)O)c1S(=O)(=O)N1CCCO1. The Morgan fingerprint density at radius 2 is 2.29 bits per heavy atom. The third-order valence-electron chi connectivity index (χ3n) is 2.36. The average Bonchev–Trinajstić information content (AvgIpc) is 2.84. The van der Waals surface area contributed by atoms with Crippen molar-refractivity contribution in [1.82, 2.24) is 4.47 Å². The van der Waals surface area contributed by atoms with Crippen LogP contribution >= 0.6 is 11.3 Å². The van der Waals surface area contributed by atoms with Crippen molar-refractivity contribution in [2.45, 2.75) is 18.2 Å². The molecule has 0 aliphatic carbocycles. The van der Waals surface area contributed by atoms with Crippen LogP contribution in [-0.2, 0) is 14.9 Å². The summed E-state index contributed by atoms with van der Waals surface area (Å²) in [4.78, 5) is 15.6. The summed E-state index contributed by atoms with van der Waals surface area (Å²) >= 11 is 0.909. The number of sulfonamides is 1. The molecule has 1 saturated heterocycles. The van der Waals surface area contributed by atoms with Crippen LogP contribution < -0.4 is 0 Å². The van der Waals surface area contributed by atoms with Crippen molar-refractivity contribution in [3.05, 3.63) is 15.8 Å². The number of thiophene rings is 1. The van der Waals surface area contributed by atoms with E-state index in [-0.39, 0.29) is 16.3 Å². The Hall–Kier alpha value is -0.960. The lowest BCUT2D eigenvalue weighted by Gasteiger charge is -2.14. The predicted octanol–water partition coefficient (Wildman–Crippen LogP) is 1.08. The molecule has 1 aromatic rings. The van der Waals surface area contributed by atoms with Crippen molar-refractivity contribution in [1.29, 1.82) is 0 Å². The normalized spacial score (nSPS) is 17.5. The Morgan fingerprint density at radius 1 is 1.59 bits per heavy atom. The zero-order valence-electron chi connectivity index (χ0n) is 9.04. The highest BCUT2D eigenvalue weighted by molar-refractivity contribution is 7.89. The van der Waals surface area contributed by atoms with Gasteiger partial charge in [0.1, 0.15) is 9.77 Å². The maximum Gasteiger partial charge on any atom is 0.347 e. The largest absolute Gasteiger partial charge is 0.477 e. The highest BCUT2D eigenvalue weighted by Crippen LogP contribution is 2.30. The van der Waals surface area contributed by atoms with Gasteiger partial charge in [-0.3, -0.25) is 4.84 Å². The van der Waals surface area contributed by atoms with Crippen LogP contribution in [0.15, 0.2) is 10.3 Å². The zero-order valence-corrected chi connectivity index (χ0v) is 10.7. The number of carboxylic acids is 1. The fourth-order valence-corrected chi connectivity index (χ4v) is 4.51. The molecule has 0 amide bonds. The number of rotatable bonds is 3. The molecule has 0 bridgehead atoms. The highest BCUT2D eigenvalue weighted by Gasteiger charge is 2.34.